The van der Waals surface area contributed by atoms with Gasteiger partial charge in [0.15, 0.2) is 0 Å². The Hall–Kier alpha value is -1.47. The highest BCUT2D eigenvalue weighted by molar-refractivity contribution is 6.32. The number of aryl methyl sites for hydroxylation is 1. The average Bonchev–Trinajstić information content (AvgIpc) is 2.28. The summed E-state index contributed by atoms with van der Waals surface area (Å²) in [6, 6.07) is 15.8. The van der Waals surface area contributed by atoms with E-state index in [1.807, 2.05) is 36.4 Å². The molecule has 0 radical (unpaired) electrons. The van der Waals surface area contributed by atoms with Crippen LogP contribution < -0.4 is 4.74 Å². The van der Waals surface area contributed by atoms with Crippen LogP contribution in [-0.2, 0) is 6.61 Å². The molecule has 0 heterocycles. The lowest BCUT2D eigenvalue weighted by atomic mass is 10.1. The fraction of sp³-hybridized carbons (Fsp3) is 0.143. The van der Waals surface area contributed by atoms with E-state index in [1.54, 1.807) is 0 Å². The van der Waals surface area contributed by atoms with Gasteiger partial charge in [-0.05, 0) is 24.6 Å². The summed E-state index contributed by atoms with van der Waals surface area (Å²) >= 11 is 6.00. The highest BCUT2D eigenvalue weighted by Crippen LogP contribution is 2.24. The molecular weight excluding hydrogens is 220 g/mol. The van der Waals surface area contributed by atoms with Crippen molar-refractivity contribution in [3.63, 3.8) is 0 Å². The van der Waals surface area contributed by atoms with Crippen LogP contribution in [0.15, 0.2) is 48.5 Å². The van der Waals surface area contributed by atoms with Crippen molar-refractivity contribution in [2.24, 2.45) is 0 Å². The molecule has 16 heavy (non-hydrogen) atoms. The van der Waals surface area contributed by atoms with Gasteiger partial charge in [0.05, 0.1) is 5.02 Å². The third kappa shape index (κ3) is 2.77. The molecule has 0 fully saturated rings. The van der Waals surface area contributed by atoms with Crippen molar-refractivity contribution in [1.29, 1.82) is 0 Å². The molecule has 82 valence electrons. The third-order valence-corrected chi connectivity index (χ3v) is 2.63. The summed E-state index contributed by atoms with van der Waals surface area (Å²) < 4.78 is 5.65. The Bertz CT molecular complexity index is 480. The van der Waals surface area contributed by atoms with Crippen molar-refractivity contribution in [2.75, 3.05) is 0 Å². The lowest BCUT2D eigenvalue weighted by Gasteiger charge is -2.08. The molecule has 2 aromatic carbocycles. The van der Waals surface area contributed by atoms with E-state index < -0.39 is 0 Å². The summed E-state index contributed by atoms with van der Waals surface area (Å²) in [6.45, 7) is 2.62. The van der Waals surface area contributed by atoms with Crippen LogP contribution in [0.3, 0.4) is 0 Å². The maximum absolute atomic E-state index is 6.00. The van der Waals surface area contributed by atoms with Crippen LogP contribution in [0.1, 0.15) is 11.1 Å². The van der Waals surface area contributed by atoms with Gasteiger partial charge in [-0.2, -0.15) is 0 Å². The fourth-order valence-corrected chi connectivity index (χ4v) is 1.72. The van der Waals surface area contributed by atoms with Crippen LogP contribution in [0.4, 0.5) is 0 Å². The average molecular weight is 233 g/mol. The summed E-state index contributed by atoms with van der Waals surface area (Å²) in [7, 11) is 0. The minimum Gasteiger partial charge on any atom is -0.487 e. The molecule has 0 amide bonds. The minimum absolute atomic E-state index is 0.547. The molecule has 0 bridgehead atoms. The smallest absolute Gasteiger partial charge is 0.138 e. The molecule has 0 aliphatic carbocycles. The Morgan fingerprint density at radius 2 is 1.88 bits per heavy atom. The van der Waals surface area contributed by atoms with Crippen LogP contribution in [0.5, 0.6) is 5.75 Å². The largest absolute Gasteiger partial charge is 0.487 e. The highest BCUT2D eigenvalue weighted by atomic mass is 35.5. The van der Waals surface area contributed by atoms with Gasteiger partial charge in [-0.25, -0.2) is 0 Å². The normalized spacial score (nSPS) is 10.1. The number of ether oxygens (including phenoxy) is 1. The summed E-state index contributed by atoms with van der Waals surface area (Å²) in [5.74, 6) is 0.727. The molecule has 0 unspecified atom stereocenters. The Morgan fingerprint density at radius 3 is 2.62 bits per heavy atom. The van der Waals surface area contributed by atoms with Gasteiger partial charge in [-0.3, -0.25) is 0 Å². The van der Waals surface area contributed by atoms with E-state index in [1.165, 1.54) is 5.56 Å². The monoisotopic (exact) mass is 232 g/mol. The molecule has 0 spiro atoms. The van der Waals surface area contributed by atoms with Gasteiger partial charge in [-0.15, -0.1) is 0 Å². The van der Waals surface area contributed by atoms with Gasteiger partial charge in [-0.1, -0.05) is 53.6 Å². The first kappa shape index (κ1) is 11.0. The number of hydrogen-bond acceptors (Lipinski definition) is 1. The van der Waals surface area contributed by atoms with E-state index in [-0.39, 0.29) is 0 Å². The predicted molar refractivity (Wildman–Crippen MR) is 67.0 cm³/mol. The van der Waals surface area contributed by atoms with Gasteiger partial charge < -0.3 is 4.74 Å². The van der Waals surface area contributed by atoms with Crippen LogP contribution in [0.25, 0.3) is 0 Å². The number of rotatable bonds is 3. The number of halogens is 1. The molecule has 0 N–H and O–H groups in total. The second-order valence-corrected chi connectivity index (χ2v) is 4.12. The van der Waals surface area contributed by atoms with Crippen LogP contribution >= 0.6 is 11.6 Å². The molecule has 0 saturated heterocycles. The van der Waals surface area contributed by atoms with Crippen molar-refractivity contribution >= 4 is 11.6 Å². The lowest BCUT2D eigenvalue weighted by molar-refractivity contribution is 0.306. The van der Waals surface area contributed by atoms with Crippen LogP contribution in [0.2, 0.25) is 5.02 Å². The Balaban J connectivity index is 2.05. The van der Waals surface area contributed by atoms with Gasteiger partial charge in [0.25, 0.3) is 0 Å². The number of para-hydroxylation sites is 1. The Kier molecular flexibility index (Phi) is 3.47. The summed E-state index contributed by atoms with van der Waals surface area (Å²) in [6.07, 6.45) is 0. The van der Waals surface area contributed by atoms with Gasteiger partial charge in [0.2, 0.25) is 0 Å². The van der Waals surface area contributed by atoms with Crippen LogP contribution in [0, 0.1) is 6.92 Å². The van der Waals surface area contributed by atoms with Gasteiger partial charge in [0.1, 0.15) is 12.4 Å². The molecular formula is C14H13ClO. The topological polar surface area (TPSA) is 9.23 Å². The van der Waals surface area contributed by atoms with E-state index in [2.05, 4.69) is 19.1 Å². The molecule has 2 aromatic rings. The fourth-order valence-electron chi connectivity index (χ4n) is 1.52. The quantitative estimate of drug-likeness (QED) is 0.770. The van der Waals surface area contributed by atoms with Gasteiger partial charge >= 0.3 is 0 Å². The standard InChI is InChI=1S/C14H13ClO/c1-11-5-4-6-12(9-11)10-16-14-8-3-2-7-13(14)15/h2-9H,10H2,1H3. The molecule has 2 heteroatoms. The molecule has 1 nitrogen and oxygen atoms in total. The first-order valence-electron chi connectivity index (χ1n) is 5.18. The second kappa shape index (κ2) is 5.04. The zero-order valence-electron chi connectivity index (χ0n) is 9.11. The van der Waals surface area contributed by atoms with E-state index >= 15 is 0 Å². The Labute approximate surface area is 101 Å². The molecule has 0 aliphatic rings. The SMILES string of the molecule is Cc1cccc(COc2ccccc2Cl)c1. The summed E-state index contributed by atoms with van der Waals surface area (Å²) in [5.41, 5.74) is 2.39. The lowest BCUT2D eigenvalue weighted by Crippen LogP contribution is -1.95. The van der Waals surface area contributed by atoms with Crippen molar-refractivity contribution in [3.8, 4) is 5.75 Å². The summed E-state index contributed by atoms with van der Waals surface area (Å²) in [4.78, 5) is 0. The van der Waals surface area contributed by atoms with E-state index in [4.69, 9.17) is 16.3 Å². The Morgan fingerprint density at radius 1 is 1.06 bits per heavy atom. The van der Waals surface area contributed by atoms with E-state index in [0.717, 1.165) is 11.3 Å². The minimum atomic E-state index is 0.547. The molecule has 0 atom stereocenters. The molecule has 0 saturated carbocycles. The molecule has 0 aliphatic heterocycles. The van der Waals surface area contributed by atoms with Crippen molar-refractivity contribution in [2.45, 2.75) is 13.5 Å². The number of benzene rings is 2. The molecule has 0 aromatic heterocycles. The zero-order chi connectivity index (χ0) is 11.4. The van der Waals surface area contributed by atoms with E-state index in [9.17, 15) is 0 Å². The highest BCUT2D eigenvalue weighted by Gasteiger charge is 2.00. The first-order valence-corrected chi connectivity index (χ1v) is 5.56. The van der Waals surface area contributed by atoms with Crippen molar-refractivity contribution in [1.82, 2.24) is 0 Å². The van der Waals surface area contributed by atoms with Crippen molar-refractivity contribution < 1.29 is 4.74 Å². The number of hydrogen-bond donors (Lipinski definition) is 0. The summed E-state index contributed by atoms with van der Waals surface area (Å²) in [5, 5.41) is 0.648. The predicted octanol–water partition coefficient (Wildman–Crippen LogP) is 4.23. The third-order valence-electron chi connectivity index (χ3n) is 2.31. The molecule has 2 rings (SSSR count). The van der Waals surface area contributed by atoms with E-state index in [0.29, 0.717) is 11.6 Å². The second-order valence-electron chi connectivity index (χ2n) is 3.71. The first-order chi connectivity index (χ1) is 7.75. The van der Waals surface area contributed by atoms with Crippen molar-refractivity contribution in [3.05, 3.63) is 64.7 Å². The maximum atomic E-state index is 6.00. The van der Waals surface area contributed by atoms with Crippen LogP contribution in [-0.4, -0.2) is 0 Å². The maximum Gasteiger partial charge on any atom is 0.138 e. The van der Waals surface area contributed by atoms with Gasteiger partial charge in [0, 0.05) is 0 Å². The zero-order valence-corrected chi connectivity index (χ0v) is 9.87.